The Balaban J connectivity index is 1.84. The molecule has 2 radical (unpaired) electrons. The molecule has 3 heteroatoms. The number of carbonyl (C=O) groups is 1. The molecule has 0 aromatic heterocycles. The minimum atomic E-state index is -0.995. The van der Waals surface area contributed by atoms with Crippen LogP contribution in [0.15, 0.2) is 72.8 Å². The molecule has 1 aliphatic rings. The standard InChI is InChI=1S/C23H18O3/c1-16-13-20(23(25-15-26-23)19-11-7-4-8-12-19)14-21(17(16)2)22(24)18-9-5-3-6-10-18/h2-14H,15H2,1H3. The third-order valence-corrected chi connectivity index (χ3v) is 4.73. The van der Waals surface area contributed by atoms with Gasteiger partial charge < -0.3 is 9.47 Å². The number of rotatable bonds is 4. The average Bonchev–Trinajstić information content (AvgIpc) is 2.64. The quantitative estimate of drug-likeness (QED) is 0.655. The van der Waals surface area contributed by atoms with E-state index < -0.39 is 5.79 Å². The Morgan fingerprint density at radius 2 is 1.54 bits per heavy atom. The zero-order valence-corrected chi connectivity index (χ0v) is 14.4. The molecule has 128 valence electrons. The maximum absolute atomic E-state index is 13.0. The first-order valence-electron chi connectivity index (χ1n) is 8.45. The molecule has 0 aliphatic carbocycles. The molecule has 3 aromatic carbocycles. The van der Waals surface area contributed by atoms with Gasteiger partial charge in [0.25, 0.3) is 0 Å². The Labute approximate surface area is 153 Å². The number of benzene rings is 3. The maximum Gasteiger partial charge on any atom is 0.226 e. The van der Waals surface area contributed by atoms with Crippen LogP contribution in [0.1, 0.15) is 38.2 Å². The molecule has 0 N–H and O–H groups in total. The molecule has 3 aromatic rings. The first-order chi connectivity index (χ1) is 12.6. The summed E-state index contributed by atoms with van der Waals surface area (Å²) in [5, 5.41) is 0. The number of ketones is 1. The highest BCUT2D eigenvalue weighted by molar-refractivity contribution is 6.10. The van der Waals surface area contributed by atoms with E-state index in [0.29, 0.717) is 16.7 Å². The summed E-state index contributed by atoms with van der Waals surface area (Å²) in [6.45, 7) is 8.32. The van der Waals surface area contributed by atoms with Crippen molar-refractivity contribution in [1.82, 2.24) is 0 Å². The predicted octanol–water partition coefficient (Wildman–Crippen LogP) is 4.49. The van der Waals surface area contributed by atoms with Gasteiger partial charge in [0.1, 0.15) is 0 Å². The Hall–Kier alpha value is -2.75. The van der Waals surface area contributed by atoms with E-state index in [1.807, 2.05) is 61.5 Å². The fraction of sp³-hybridized carbons (Fsp3) is 0.130. The molecule has 3 nitrogen and oxygen atoms in total. The fourth-order valence-corrected chi connectivity index (χ4v) is 3.26. The molecule has 0 atom stereocenters. The molecule has 0 amide bonds. The van der Waals surface area contributed by atoms with Crippen molar-refractivity contribution >= 4 is 5.78 Å². The van der Waals surface area contributed by atoms with E-state index >= 15 is 0 Å². The zero-order valence-electron chi connectivity index (χ0n) is 14.4. The average molecular weight is 342 g/mol. The van der Waals surface area contributed by atoms with Gasteiger partial charge in [-0.05, 0) is 37.1 Å². The highest BCUT2D eigenvalue weighted by atomic mass is 16.9. The van der Waals surface area contributed by atoms with Crippen LogP contribution < -0.4 is 0 Å². The van der Waals surface area contributed by atoms with E-state index in [-0.39, 0.29) is 12.6 Å². The van der Waals surface area contributed by atoms with E-state index in [2.05, 4.69) is 0 Å². The zero-order chi connectivity index (χ0) is 18.1. The van der Waals surface area contributed by atoms with Crippen molar-refractivity contribution in [1.29, 1.82) is 0 Å². The topological polar surface area (TPSA) is 35.5 Å². The Morgan fingerprint density at radius 1 is 0.923 bits per heavy atom. The highest BCUT2D eigenvalue weighted by Crippen LogP contribution is 2.42. The molecule has 0 saturated carbocycles. The van der Waals surface area contributed by atoms with E-state index in [4.69, 9.17) is 16.4 Å². The van der Waals surface area contributed by atoms with Crippen molar-refractivity contribution in [2.45, 2.75) is 12.7 Å². The van der Waals surface area contributed by atoms with Crippen LogP contribution in [0.5, 0.6) is 0 Å². The van der Waals surface area contributed by atoms with E-state index in [0.717, 1.165) is 16.7 Å². The third-order valence-electron chi connectivity index (χ3n) is 4.73. The van der Waals surface area contributed by atoms with Crippen molar-refractivity contribution in [2.24, 2.45) is 0 Å². The molecular formula is C23H18O3. The molecular weight excluding hydrogens is 324 g/mol. The van der Waals surface area contributed by atoms with Gasteiger partial charge in [0, 0.05) is 22.3 Å². The summed E-state index contributed by atoms with van der Waals surface area (Å²) >= 11 is 0. The molecule has 4 rings (SSSR count). The monoisotopic (exact) mass is 342 g/mol. The Bertz CT molecular complexity index is 942. The third kappa shape index (κ3) is 2.66. The number of hydrogen-bond acceptors (Lipinski definition) is 3. The Morgan fingerprint density at radius 3 is 2.12 bits per heavy atom. The molecule has 1 aliphatic heterocycles. The lowest BCUT2D eigenvalue weighted by molar-refractivity contribution is -0.386. The summed E-state index contributed by atoms with van der Waals surface area (Å²) in [5.41, 5.74) is 4.00. The van der Waals surface area contributed by atoms with Crippen LogP contribution in [0.2, 0.25) is 0 Å². The number of aryl methyl sites for hydroxylation is 1. The first-order valence-corrected chi connectivity index (χ1v) is 8.45. The molecule has 0 bridgehead atoms. The van der Waals surface area contributed by atoms with Crippen LogP contribution in [0.3, 0.4) is 0 Å². The summed E-state index contributed by atoms with van der Waals surface area (Å²) in [7, 11) is 0. The normalized spacial score (nSPS) is 15.3. The van der Waals surface area contributed by atoms with Crippen molar-refractivity contribution in [3.05, 3.63) is 113 Å². The van der Waals surface area contributed by atoms with Crippen LogP contribution >= 0.6 is 0 Å². The first kappa shape index (κ1) is 16.7. The van der Waals surface area contributed by atoms with Crippen LogP contribution in [0.25, 0.3) is 0 Å². The second kappa shape index (κ2) is 6.52. The van der Waals surface area contributed by atoms with Gasteiger partial charge in [0.2, 0.25) is 5.79 Å². The minimum absolute atomic E-state index is 0.115. The van der Waals surface area contributed by atoms with E-state index in [9.17, 15) is 4.79 Å². The van der Waals surface area contributed by atoms with Crippen LogP contribution in [0.4, 0.5) is 0 Å². The fourth-order valence-electron chi connectivity index (χ4n) is 3.26. The van der Waals surface area contributed by atoms with Gasteiger partial charge in [-0.15, -0.1) is 0 Å². The number of ether oxygens (including phenoxy) is 2. The van der Waals surface area contributed by atoms with Gasteiger partial charge in [-0.1, -0.05) is 60.7 Å². The maximum atomic E-state index is 13.0. The van der Waals surface area contributed by atoms with E-state index in [1.54, 1.807) is 18.2 Å². The molecule has 1 saturated heterocycles. The van der Waals surface area contributed by atoms with Gasteiger partial charge in [-0.3, -0.25) is 4.79 Å². The van der Waals surface area contributed by atoms with Crippen LogP contribution in [-0.2, 0) is 15.3 Å². The van der Waals surface area contributed by atoms with Gasteiger partial charge in [0.15, 0.2) is 12.6 Å². The largest absolute Gasteiger partial charge is 0.315 e. The van der Waals surface area contributed by atoms with Gasteiger partial charge in [-0.2, -0.15) is 0 Å². The lowest BCUT2D eigenvalue weighted by Crippen LogP contribution is -2.45. The van der Waals surface area contributed by atoms with Gasteiger partial charge in [-0.25, -0.2) is 0 Å². The van der Waals surface area contributed by atoms with Crippen molar-refractivity contribution in [2.75, 3.05) is 6.79 Å². The number of hydrogen-bond donors (Lipinski definition) is 0. The summed E-state index contributed by atoms with van der Waals surface area (Å²) in [6.07, 6.45) is 0. The van der Waals surface area contributed by atoms with Crippen LogP contribution in [-0.4, -0.2) is 12.6 Å². The van der Waals surface area contributed by atoms with Gasteiger partial charge in [0.05, 0.1) is 0 Å². The molecule has 0 unspecified atom stereocenters. The van der Waals surface area contributed by atoms with Crippen LogP contribution in [0, 0.1) is 13.8 Å². The predicted molar refractivity (Wildman–Crippen MR) is 98.7 cm³/mol. The smallest absolute Gasteiger partial charge is 0.226 e. The Kier molecular flexibility index (Phi) is 4.19. The lowest BCUT2D eigenvalue weighted by atomic mass is 9.88. The molecule has 1 heterocycles. The lowest BCUT2D eigenvalue weighted by Gasteiger charge is -2.42. The van der Waals surface area contributed by atoms with Crippen molar-refractivity contribution < 1.29 is 14.3 Å². The summed E-state index contributed by atoms with van der Waals surface area (Å²) in [4.78, 5) is 13.0. The second-order valence-corrected chi connectivity index (χ2v) is 6.34. The summed E-state index contributed by atoms with van der Waals surface area (Å²) in [5.74, 6) is -1.11. The molecule has 1 fully saturated rings. The van der Waals surface area contributed by atoms with E-state index in [1.165, 1.54) is 0 Å². The minimum Gasteiger partial charge on any atom is -0.315 e. The highest BCUT2D eigenvalue weighted by Gasteiger charge is 2.44. The SMILES string of the molecule is [CH]c1c(C)cc(C2(c3ccccc3)OCO2)cc1C(=O)c1ccccc1. The number of carbonyl (C=O) groups excluding carboxylic acids is 1. The second-order valence-electron chi connectivity index (χ2n) is 6.34. The summed E-state index contributed by atoms with van der Waals surface area (Å²) < 4.78 is 11.7. The molecule has 0 spiro atoms. The van der Waals surface area contributed by atoms with Gasteiger partial charge >= 0.3 is 0 Å². The molecule has 26 heavy (non-hydrogen) atoms. The van der Waals surface area contributed by atoms with Crippen molar-refractivity contribution in [3.63, 3.8) is 0 Å². The summed E-state index contributed by atoms with van der Waals surface area (Å²) in [6, 6.07) is 22.5. The van der Waals surface area contributed by atoms with Crippen molar-refractivity contribution in [3.8, 4) is 0 Å².